The van der Waals surface area contributed by atoms with Gasteiger partial charge in [0.05, 0.1) is 7.11 Å². The molecule has 0 spiro atoms. The van der Waals surface area contributed by atoms with E-state index in [1.54, 1.807) is 7.11 Å². The molecule has 0 aromatic heterocycles. The molecule has 1 heterocycles. The molecule has 4 rings (SSSR count). The highest BCUT2D eigenvalue weighted by atomic mass is 16.5. The quantitative estimate of drug-likeness (QED) is 0.612. The third-order valence-corrected chi connectivity index (χ3v) is 5.39. The topological polar surface area (TPSA) is 24.8 Å². The summed E-state index contributed by atoms with van der Waals surface area (Å²) in [6.45, 7) is 0.890. The van der Waals surface area contributed by atoms with Crippen LogP contribution in [0.3, 0.4) is 0 Å². The molecule has 0 unspecified atom stereocenters. The van der Waals surface area contributed by atoms with Gasteiger partial charge in [-0.2, -0.15) is 0 Å². The van der Waals surface area contributed by atoms with Gasteiger partial charge in [-0.15, -0.1) is 0 Å². The summed E-state index contributed by atoms with van der Waals surface area (Å²) in [6.07, 6.45) is 1.88. The summed E-state index contributed by atoms with van der Waals surface area (Å²) in [4.78, 5) is 7.53. The van der Waals surface area contributed by atoms with Gasteiger partial charge in [0.2, 0.25) is 0 Å². The van der Waals surface area contributed by atoms with Crippen molar-refractivity contribution >= 4 is 5.84 Å². The fourth-order valence-electron chi connectivity index (χ4n) is 3.80. The number of hydrogen-bond acceptors (Lipinski definition) is 3. The number of nitrogens with zero attached hydrogens (tertiary/aromatic N) is 2. The number of aliphatic imine (C=N–C) groups is 1. The van der Waals surface area contributed by atoms with Crippen molar-refractivity contribution in [1.29, 1.82) is 0 Å². The third kappa shape index (κ3) is 3.94. The van der Waals surface area contributed by atoms with Crippen LogP contribution in [-0.4, -0.2) is 24.9 Å². The molecule has 0 N–H and O–H groups in total. The number of aryl methyl sites for hydroxylation is 1. The molecule has 0 aliphatic carbocycles. The summed E-state index contributed by atoms with van der Waals surface area (Å²) in [5.74, 6) is 2.05. The summed E-state index contributed by atoms with van der Waals surface area (Å²) in [5.41, 5.74) is 5.20. The van der Waals surface area contributed by atoms with E-state index in [0.29, 0.717) is 0 Å². The lowest BCUT2D eigenvalue weighted by Crippen LogP contribution is -2.26. The fourth-order valence-corrected chi connectivity index (χ4v) is 3.80. The molecule has 0 saturated heterocycles. The zero-order valence-corrected chi connectivity index (χ0v) is 16.5. The molecular formula is C25H26N2O. The Morgan fingerprint density at radius 2 is 1.61 bits per heavy atom. The molecule has 142 valence electrons. The minimum Gasteiger partial charge on any atom is -0.497 e. The lowest BCUT2D eigenvalue weighted by atomic mass is 9.95. The predicted octanol–water partition coefficient (Wildman–Crippen LogP) is 5.26. The minimum absolute atomic E-state index is 0.0493. The van der Waals surface area contributed by atoms with E-state index in [0.717, 1.165) is 31.0 Å². The van der Waals surface area contributed by atoms with E-state index in [2.05, 4.69) is 78.7 Å². The highest BCUT2D eigenvalue weighted by Crippen LogP contribution is 2.32. The Hall–Kier alpha value is -3.07. The Labute approximate surface area is 167 Å². The van der Waals surface area contributed by atoms with Crippen LogP contribution in [-0.2, 0) is 13.0 Å². The minimum atomic E-state index is 0.0493. The maximum Gasteiger partial charge on any atom is 0.118 e. The highest BCUT2D eigenvalue weighted by molar-refractivity contribution is 5.83. The van der Waals surface area contributed by atoms with Crippen molar-refractivity contribution < 1.29 is 4.74 Å². The Balaban J connectivity index is 1.63. The van der Waals surface area contributed by atoms with Crippen LogP contribution in [0.4, 0.5) is 0 Å². The molecule has 1 atom stereocenters. The molecule has 0 amide bonds. The Morgan fingerprint density at radius 1 is 0.893 bits per heavy atom. The van der Waals surface area contributed by atoms with Crippen molar-refractivity contribution in [3.63, 3.8) is 0 Å². The van der Waals surface area contributed by atoms with Crippen molar-refractivity contribution in [3.8, 4) is 5.75 Å². The lowest BCUT2D eigenvalue weighted by molar-refractivity contribution is 0.414. The number of hydrogen-bond donors (Lipinski definition) is 0. The van der Waals surface area contributed by atoms with E-state index in [4.69, 9.17) is 9.73 Å². The monoisotopic (exact) mass is 370 g/mol. The van der Waals surface area contributed by atoms with Gasteiger partial charge in [0.25, 0.3) is 0 Å². The molecule has 0 bridgehead atoms. The molecule has 0 saturated carbocycles. The van der Waals surface area contributed by atoms with Gasteiger partial charge in [-0.1, -0.05) is 66.7 Å². The van der Waals surface area contributed by atoms with E-state index in [1.165, 1.54) is 22.3 Å². The first-order chi connectivity index (χ1) is 13.7. The second-order valence-corrected chi connectivity index (χ2v) is 7.26. The number of fused-ring (bicyclic) bond motifs is 1. The fraction of sp³-hybridized carbons (Fsp3) is 0.240. The summed E-state index contributed by atoms with van der Waals surface area (Å²) < 4.78 is 5.26. The van der Waals surface area contributed by atoms with Crippen molar-refractivity contribution in [2.75, 3.05) is 14.2 Å². The van der Waals surface area contributed by atoms with Gasteiger partial charge >= 0.3 is 0 Å². The van der Waals surface area contributed by atoms with Gasteiger partial charge in [-0.3, -0.25) is 4.99 Å². The largest absolute Gasteiger partial charge is 0.497 e. The SMILES string of the molecule is COc1ccc(CCC2=N[C@@H](c3ccccc3)c3ccccc3CN2C)cc1. The normalized spacial score (nSPS) is 16.1. The van der Waals surface area contributed by atoms with Gasteiger partial charge < -0.3 is 9.64 Å². The molecule has 3 aromatic carbocycles. The summed E-state index contributed by atoms with van der Waals surface area (Å²) in [7, 11) is 3.85. The van der Waals surface area contributed by atoms with Crippen LogP contribution in [0.5, 0.6) is 5.75 Å². The van der Waals surface area contributed by atoms with Crippen LogP contribution in [0.25, 0.3) is 0 Å². The molecular weight excluding hydrogens is 344 g/mol. The number of rotatable bonds is 5. The van der Waals surface area contributed by atoms with Crippen LogP contribution in [0.2, 0.25) is 0 Å². The van der Waals surface area contributed by atoms with E-state index >= 15 is 0 Å². The number of ether oxygens (including phenoxy) is 1. The molecule has 0 radical (unpaired) electrons. The maximum atomic E-state index is 5.26. The first-order valence-corrected chi connectivity index (χ1v) is 9.78. The zero-order valence-electron chi connectivity index (χ0n) is 16.5. The smallest absolute Gasteiger partial charge is 0.118 e. The van der Waals surface area contributed by atoms with E-state index in [9.17, 15) is 0 Å². The van der Waals surface area contributed by atoms with Gasteiger partial charge in [0.15, 0.2) is 0 Å². The molecule has 3 aromatic rings. The van der Waals surface area contributed by atoms with Crippen LogP contribution < -0.4 is 4.74 Å². The second kappa shape index (κ2) is 8.30. The van der Waals surface area contributed by atoms with Crippen molar-refractivity contribution in [2.45, 2.75) is 25.4 Å². The van der Waals surface area contributed by atoms with Crippen molar-refractivity contribution in [1.82, 2.24) is 4.90 Å². The lowest BCUT2D eigenvalue weighted by Gasteiger charge is -2.20. The predicted molar refractivity (Wildman–Crippen MR) is 115 cm³/mol. The van der Waals surface area contributed by atoms with E-state index < -0.39 is 0 Å². The number of amidine groups is 1. The first kappa shape index (κ1) is 18.3. The first-order valence-electron chi connectivity index (χ1n) is 9.78. The average molecular weight is 370 g/mol. The summed E-state index contributed by atoms with van der Waals surface area (Å²) in [6, 6.07) is 27.7. The zero-order chi connectivity index (χ0) is 19.3. The van der Waals surface area contributed by atoms with Crippen molar-refractivity contribution in [2.24, 2.45) is 4.99 Å². The molecule has 1 aliphatic heterocycles. The van der Waals surface area contributed by atoms with E-state index in [1.807, 2.05) is 12.1 Å². The maximum absolute atomic E-state index is 5.26. The van der Waals surface area contributed by atoms with Crippen molar-refractivity contribution in [3.05, 3.63) is 101 Å². The Morgan fingerprint density at radius 3 is 2.36 bits per heavy atom. The van der Waals surface area contributed by atoms with Crippen LogP contribution in [0, 0.1) is 0 Å². The molecule has 3 heteroatoms. The summed E-state index contributed by atoms with van der Waals surface area (Å²) >= 11 is 0. The molecule has 1 aliphatic rings. The summed E-state index contributed by atoms with van der Waals surface area (Å²) in [5, 5.41) is 0. The Kier molecular flexibility index (Phi) is 5.43. The molecule has 28 heavy (non-hydrogen) atoms. The van der Waals surface area contributed by atoms with Gasteiger partial charge in [0, 0.05) is 20.0 Å². The average Bonchev–Trinajstić information content (AvgIpc) is 2.89. The van der Waals surface area contributed by atoms with E-state index in [-0.39, 0.29) is 6.04 Å². The second-order valence-electron chi connectivity index (χ2n) is 7.26. The van der Waals surface area contributed by atoms with Gasteiger partial charge in [0.1, 0.15) is 17.6 Å². The highest BCUT2D eigenvalue weighted by Gasteiger charge is 2.23. The van der Waals surface area contributed by atoms with Gasteiger partial charge in [-0.05, 0) is 40.8 Å². The molecule has 0 fully saturated rings. The van der Waals surface area contributed by atoms with Crippen LogP contribution in [0.15, 0.2) is 83.9 Å². The number of benzene rings is 3. The third-order valence-electron chi connectivity index (χ3n) is 5.39. The molecule has 3 nitrogen and oxygen atoms in total. The standard InChI is InChI=1S/C25H26N2O/c1-27-18-21-10-6-7-11-23(21)25(20-8-4-3-5-9-20)26-24(27)17-14-19-12-15-22(28-2)16-13-19/h3-13,15-16,25H,14,17-18H2,1-2H3/t25-/m0/s1. The van der Waals surface area contributed by atoms with Gasteiger partial charge in [-0.25, -0.2) is 0 Å². The van der Waals surface area contributed by atoms with Crippen LogP contribution >= 0.6 is 0 Å². The number of methoxy groups -OCH3 is 1. The Bertz CT molecular complexity index is 948. The van der Waals surface area contributed by atoms with Crippen LogP contribution in [0.1, 0.15) is 34.7 Å².